The van der Waals surface area contributed by atoms with E-state index in [1.165, 1.54) is 25.7 Å². The minimum absolute atomic E-state index is 0.170. The normalized spacial score (nSPS) is 23.3. The van der Waals surface area contributed by atoms with Crippen LogP contribution < -0.4 is 5.32 Å². The fourth-order valence-corrected chi connectivity index (χ4v) is 2.41. The lowest BCUT2D eigenvalue weighted by Crippen LogP contribution is -2.46. The molecule has 0 aliphatic carbocycles. The Morgan fingerprint density at radius 3 is 2.67 bits per heavy atom. The molecule has 1 aliphatic rings. The SMILES string of the molecule is C=CCN1C(=O)NC(=N)C1(C)CCCCCCC. The molecule has 1 fully saturated rings. The molecule has 0 aromatic heterocycles. The molecule has 0 radical (unpaired) electrons. The molecule has 0 aromatic carbocycles. The first-order valence-corrected chi connectivity index (χ1v) is 6.84. The average molecular weight is 251 g/mol. The van der Waals surface area contributed by atoms with Gasteiger partial charge in [-0.15, -0.1) is 6.58 Å². The van der Waals surface area contributed by atoms with Crippen LogP contribution in [0, 0.1) is 5.41 Å². The van der Waals surface area contributed by atoms with E-state index in [2.05, 4.69) is 18.8 Å². The number of carbonyl (C=O) groups is 1. The van der Waals surface area contributed by atoms with Gasteiger partial charge in [-0.05, 0) is 13.3 Å². The highest BCUT2D eigenvalue weighted by atomic mass is 16.2. The summed E-state index contributed by atoms with van der Waals surface area (Å²) in [5.41, 5.74) is -0.475. The monoisotopic (exact) mass is 251 g/mol. The minimum Gasteiger partial charge on any atom is -0.308 e. The van der Waals surface area contributed by atoms with E-state index in [0.29, 0.717) is 12.4 Å². The number of rotatable bonds is 8. The predicted octanol–water partition coefficient (Wildman–Crippen LogP) is 3.29. The summed E-state index contributed by atoms with van der Waals surface area (Å²) in [6, 6.07) is -0.170. The second kappa shape index (κ2) is 6.57. The summed E-state index contributed by atoms with van der Waals surface area (Å²) in [4.78, 5) is 13.5. The van der Waals surface area contributed by atoms with Crippen LogP contribution in [0.3, 0.4) is 0 Å². The van der Waals surface area contributed by atoms with Crippen molar-refractivity contribution in [3.05, 3.63) is 12.7 Å². The van der Waals surface area contributed by atoms with Gasteiger partial charge in [0.15, 0.2) is 0 Å². The van der Waals surface area contributed by atoms with Gasteiger partial charge in [-0.1, -0.05) is 45.1 Å². The Hall–Kier alpha value is -1.32. The molecular formula is C14H25N3O. The minimum atomic E-state index is -0.475. The highest BCUT2D eigenvalue weighted by Crippen LogP contribution is 2.28. The summed E-state index contributed by atoms with van der Waals surface area (Å²) in [5, 5.41) is 10.6. The predicted molar refractivity (Wildman–Crippen MR) is 74.9 cm³/mol. The molecule has 0 saturated carbocycles. The molecule has 18 heavy (non-hydrogen) atoms. The van der Waals surface area contributed by atoms with Crippen LogP contribution in [0.25, 0.3) is 0 Å². The molecule has 102 valence electrons. The summed E-state index contributed by atoms with van der Waals surface area (Å²) in [7, 11) is 0. The van der Waals surface area contributed by atoms with Crippen molar-refractivity contribution in [2.24, 2.45) is 0 Å². The lowest BCUT2D eigenvalue weighted by Gasteiger charge is -2.32. The molecule has 1 rings (SSSR count). The van der Waals surface area contributed by atoms with Crippen molar-refractivity contribution in [2.75, 3.05) is 6.54 Å². The maximum absolute atomic E-state index is 11.8. The number of amides is 2. The maximum atomic E-state index is 11.8. The van der Waals surface area contributed by atoms with Crippen molar-refractivity contribution >= 4 is 11.9 Å². The number of hydrogen-bond donors (Lipinski definition) is 2. The molecule has 1 atom stereocenters. The largest absolute Gasteiger partial charge is 0.323 e. The van der Waals surface area contributed by atoms with Gasteiger partial charge in [0.05, 0.1) is 5.54 Å². The van der Waals surface area contributed by atoms with Crippen LogP contribution in [0.4, 0.5) is 4.79 Å². The van der Waals surface area contributed by atoms with E-state index in [1.807, 2.05) is 6.92 Å². The van der Waals surface area contributed by atoms with Gasteiger partial charge < -0.3 is 4.90 Å². The molecule has 4 heteroatoms. The van der Waals surface area contributed by atoms with Gasteiger partial charge in [-0.2, -0.15) is 0 Å². The van der Waals surface area contributed by atoms with E-state index in [9.17, 15) is 4.79 Å². The number of hydrogen-bond acceptors (Lipinski definition) is 2. The summed E-state index contributed by atoms with van der Waals surface area (Å²) in [5.74, 6) is 0.324. The summed E-state index contributed by atoms with van der Waals surface area (Å²) < 4.78 is 0. The molecule has 2 amide bonds. The van der Waals surface area contributed by atoms with Crippen LogP contribution in [-0.2, 0) is 0 Å². The third kappa shape index (κ3) is 3.12. The Kier molecular flexibility index (Phi) is 5.38. The number of urea groups is 1. The number of amidine groups is 1. The van der Waals surface area contributed by atoms with Crippen LogP contribution in [0.2, 0.25) is 0 Å². The zero-order valence-corrected chi connectivity index (χ0v) is 11.6. The van der Waals surface area contributed by atoms with Crippen molar-refractivity contribution in [3.63, 3.8) is 0 Å². The molecular weight excluding hydrogens is 226 g/mol. The van der Waals surface area contributed by atoms with Crippen LogP contribution in [0.5, 0.6) is 0 Å². The second-order valence-electron chi connectivity index (χ2n) is 5.14. The van der Waals surface area contributed by atoms with E-state index in [1.54, 1.807) is 11.0 Å². The number of nitrogens with zero attached hydrogens (tertiary/aromatic N) is 1. The fraction of sp³-hybridized carbons (Fsp3) is 0.714. The summed E-state index contributed by atoms with van der Waals surface area (Å²) in [6.07, 6.45) is 8.53. The Labute approximate surface area is 110 Å². The standard InChI is InChI=1S/C14H25N3O/c1-4-6-7-8-9-10-14(3)12(15)16-13(18)17(14)11-5-2/h5H,2,4,6-11H2,1,3H3,(H2,15,16,18). The molecule has 1 unspecified atom stereocenters. The molecule has 1 aliphatic heterocycles. The highest BCUT2D eigenvalue weighted by molar-refractivity contribution is 6.08. The van der Waals surface area contributed by atoms with E-state index in [0.717, 1.165) is 12.8 Å². The second-order valence-corrected chi connectivity index (χ2v) is 5.14. The molecule has 4 nitrogen and oxygen atoms in total. The molecule has 1 saturated heterocycles. The first kappa shape index (κ1) is 14.7. The van der Waals surface area contributed by atoms with Crippen LogP contribution in [0.1, 0.15) is 52.4 Å². The van der Waals surface area contributed by atoms with E-state index >= 15 is 0 Å². The van der Waals surface area contributed by atoms with Gasteiger partial charge >= 0.3 is 6.03 Å². The van der Waals surface area contributed by atoms with Gasteiger partial charge in [0, 0.05) is 6.54 Å². The number of carbonyl (C=O) groups excluding carboxylic acids is 1. The first-order chi connectivity index (χ1) is 8.56. The van der Waals surface area contributed by atoms with Gasteiger partial charge in [-0.3, -0.25) is 10.7 Å². The van der Waals surface area contributed by atoms with Gasteiger partial charge in [0.2, 0.25) is 0 Å². The van der Waals surface area contributed by atoms with Crippen molar-refractivity contribution in [3.8, 4) is 0 Å². The third-order valence-electron chi connectivity index (χ3n) is 3.69. The van der Waals surface area contributed by atoms with Crippen LogP contribution >= 0.6 is 0 Å². The Balaban J connectivity index is 2.54. The van der Waals surface area contributed by atoms with Crippen molar-refractivity contribution in [1.29, 1.82) is 5.41 Å². The molecule has 0 bridgehead atoms. The van der Waals surface area contributed by atoms with Gasteiger partial charge in [0.25, 0.3) is 0 Å². The van der Waals surface area contributed by atoms with Crippen molar-refractivity contribution in [2.45, 2.75) is 57.9 Å². The zero-order valence-electron chi connectivity index (χ0n) is 11.6. The molecule has 2 N–H and O–H groups in total. The summed E-state index contributed by atoms with van der Waals surface area (Å²) >= 11 is 0. The Morgan fingerprint density at radius 2 is 2.06 bits per heavy atom. The quantitative estimate of drug-likeness (QED) is 0.505. The Bertz CT molecular complexity index is 327. The molecule has 1 heterocycles. The van der Waals surface area contributed by atoms with E-state index in [4.69, 9.17) is 5.41 Å². The van der Waals surface area contributed by atoms with Crippen molar-refractivity contribution < 1.29 is 4.79 Å². The van der Waals surface area contributed by atoms with Gasteiger partial charge in [0.1, 0.15) is 5.84 Å². The fourth-order valence-electron chi connectivity index (χ4n) is 2.41. The maximum Gasteiger partial charge on any atom is 0.323 e. The highest BCUT2D eigenvalue weighted by Gasteiger charge is 2.45. The summed E-state index contributed by atoms with van der Waals surface area (Å²) in [6.45, 7) is 8.34. The first-order valence-electron chi connectivity index (χ1n) is 6.84. The lowest BCUT2D eigenvalue weighted by molar-refractivity contribution is 0.183. The zero-order chi connectivity index (χ0) is 13.6. The number of nitrogens with one attached hydrogen (secondary N) is 2. The van der Waals surface area contributed by atoms with Crippen LogP contribution in [0.15, 0.2) is 12.7 Å². The van der Waals surface area contributed by atoms with Gasteiger partial charge in [-0.25, -0.2) is 4.79 Å². The van der Waals surface area contributed by atoms with E-state index in [-0.39, 0.29) is 6.03 Å². The number of unbranched alkanes of at least 4 members (excludes halogenated alkanes) is 4. The lowest BCUT2D eigenvalue weighted by atomic mass is 9.92. The molecule has 0 aromatic rings. The van der Waals surface area contributed by atoms with Crippen molar-refractivity contribution in [1.82, 2.24) is 10.2 Å². The smallest absolute Gasteiger partial charge is 0.308 e. The Morgan fingerprint density at radius 1 is 1.39 bits per heavy atom. The third-order valence-corrected chi connectivity index (χ3v) is 3.69. The van der Waals surface area contributed by atoms with E-state index < -0.39 is 5.54 Å². The topological polar surface area (TPSA) is 56.2 Å². The average Bonchev–Trinajstić information content (AvgIpc) is 2.54. The molecule has 0 spiro atoms. The van der Waals surface area contributed by atoms with Crippen LogP contribution in [-0.4, -0.2) is 28.9 Å².